The van der Waals surface area contributed by atoms with E-state index in [-0.39, 0.29) is 31.6 Å². The predicted octanol–water partition coefficient (Wildman–Crippen LogP) is 3.28. The summed E-state index contributed by atoms with van der Waals surface area (Å²) in [5, 5.41) is 4.73. The van der Waals surface area contributed by atoms with Gasteiger partial charge in [0.05, 0.1) is 16.1 Å². The topological polar surface area (TPSA) is 95.6 Å². The van der Waals surface area contributed by atoms with Crippen LogP contribution >= 0.6 is 0 Å². The quantitative estimate of drug-likeness (QED) is 0.465. The van der Waals surface area contributed by atoms with Crippen LogP contribution in [0.1, 0.15) is 24.8 Å². The number of anilines is 1. The van der Waals surface area contributed by atoms with Gasteiger partial charge < -0.3 is 10.6 Å². The SMILES string of the molecule is O=C(CC(=O)NC1CCN(S(=O)(=O)c2cccc(C(F)(F)F)c2)CC1)Nc1ccc(F)cc1F. The Morgan fingerprint density at radius 1 is 1.00 bits per heavy atom. The van der Waals surface area contributed by atoms with Crippen molar-refractivity contribution in [3.63, 3.8) is 0 Å². The van der Waals surface area contributed by atoms with Crippen molar-refractivity contribution in [2.75, 3.05) is 18.4 Å². The minimum absolute atomic E-state index is 0.0451. The Hall–Kier alpha value is -3.06. The molecule has 7 nitrogen and oxygen atoms in total. The number of rotatable bonds is 6. The number of piperidine rings is 1. The molecule has 0 aromatic heterocycles. The standard InChI is InChI=1S/C21H20F5N3O4S/c22-14-4-5-18(17(23)11-14)28-20(31)12-19(30)27-15-6-8-29(9-7-15)34(32,33)16-3-1-2-13(10-16)21(24,25)26/h1-5,10-11,15H,6-9,12H2,(H,27,30)(H,28,31). The van der Waals surface area contributed by atoms with E-state index in [1.54, 1.807) is 0 Å². The fourth-order valence-electron chi connectivity index (χ4n) is 3.43. The highest BCUT2D eigenvalue weighted by Crippen LogP contribution is 2.31. The van der Waals surface area contributed by atoms with Crippen molar-refractivity contribution in [3.05, 3.63) is 59.7 Å². The van der Waals surface area contributed by atoms with Gasteiger partial charge in [-0.1, -0.05) is 6.07 Å². The van der Waals surface area contributed by atoms with Gasteiger partial charge in [0.25, 0.3) is 0 Å². The van der Waals surface area contributed by atoms with Gasteiger partial charge in [0.1, 0.15) is 18.1 Å². The molecule has 2 aromatic rings. The predicted molar refractivity (Wildman–Crippen MR) is 111 cm³/mol. The Morgan fingerprint density at radius 3 is 2.29 bits per heavy atom. The molecule has 2 N–H and O–H groups in total. The van der Waals surface area contributed by atoms with Crippen molar-refractivity contribution in [2.24, 2.45) is 0 Å². The monoisotopic (exact) mass is 505 g/mol. The second-order valence-corrected chi connectivity index (χ2v) is 9.56. The first kappa shape index (κ1) is 25.6. The minimum Gasteiger partial charge on any atom is -0.353 e. The van der Waals surface area contributed by atoms with Crippen LogP contribution < -0.4 is 10.6 Å². The van der Waals surface area contributed by atoms with Crippen LogP contribution in [0.3, 0.4) is 0 Å². The summed E-state index contributed by atoms with van der Waals surface area (Å²) in [7, 11) is -4.16. The van der Waals surface area contributed by atoms with Crippen LogP contribution in [0.2, 0.25) is 0 Å². The normalized spacial score (nSPS) is 15.7. The highest BCUT2D eigenvalue weighted by Gasteiger charge is 2.34. The molecule has 3 rings (SSSR count). The van der Waals surface area contributed by atoms with Gasteiger partial charge in [-0.15, -0.1) is 0 Å². The molecular formula is C21H20F5N3O4S. The number of alkyl halides is 3. The molecule has 0 atom stereocenters. The molecule has 0 unspecified atom stereocenters. The summed E-state index contributed by atoms with van der Waals surface area (Å²) >= 11 is 0. The van der Waals surface area contributed by atoms with Crippen molar-refractivity contribution in [2.45, 2.75) is 36.4 Å². The van der Waals surface area contributed by atoms with Crippen molar-refractivity contribution in [3.8, 4) is 0 Å². The third-order valence-electron chi connectivity index (χ3n) is 5.14. The molecule has 2 aromatic carbocycles. The van der Waals surface area contributed by atoms with Crippen LogP contribution in [0, 0.1) is 11.6 Å². The molecule has 1 heterocycles. The maximum atomic E-state index is 13.6. The van der Waals surface area contributed by atoms with Crippen LogP contribution in [-0.2, 0) is 25.8 Å². The second-order valence-electron chi connectivity index (χ2n) is 7.62. The zero-order valence-corrected chi connectivity index (χ0v) is 18.3. The van der Waals surface area contributed by atoms with Crippen molar-refractivity contribution in [1.82, 2.24) is 9.62 Å². The molecule has 1 aliphatic heterocycles. The molecule has 0 aliphatic carbocycles. The van der Waals surface area contributed by atoms with E-state index in [1.165, 1.54) is 0 Å². The molecule has 2 amide bonds. The van der Waals surface area contributed by atoms with Crippen molar-refractivity contribution >= 4 is 27.5 Å². The first-order valence-electron chi connectivity index (χ1n) is 10.1. The Bertz CT molecular complexity index is 1180. The van der Waals surface area contributed by atoms with E-state index in [4.69, 9.17) is 0 Å². The maximum Gasteiger partial charge on any atom is 0.416 e. The summed E-state index contributed by atoms with van der Waals surface area (Å²) in [6.07, 6.45) is -4.96. The number of sulfonamides is 1. The van der Waals surface area contributed by atoms with Crippen LogP contribution in [0.4, 0.5) is 27.6 Å². The summed E-state index contributed by atoms with van der Waals surface area (Å²) in [6, 6.07) is 5.54. The lowest BCUT2D eigenvalue weighted by atomic mass is 10.1. The minimum atomic E-state index is -4.68. The summed E-state index contributed by atoms with van der Waals surface area (Å²) in [5.41, 5.74) is -1.36. The molecule has 1 saturated heterocycles. The van der Waals surface area contributed by atoms with Gasteiger partial charge >= 0.3 is 6.18 Å². The number of benzene rings is 2. The Balaban J connectivity index is 1.52. The summed E-state index contributed by atoms with van der Waals surface area (Å²) in [6.45, 7) is -0.0903. The van der Waals surface area contributed by atoms with Crippen molar-refractivity contribution in [1.29, 1.82) is 0 Å². The summed E-state index contributed by atoms with van der Waals surface area (Å²) in [4.78, 5) is 23.6. The average Bonchev–Trinajstić information content (AvgIpc) is 2.75. The molecule has 13 heteroatoms. The fourth-order valence-corrected chi connectivity index (χ4v) is 4.95. The molecule has 184 valence electrons. The van der Waals surface area contributed by atoms with Gasteiger partial charge in [-0.05, 0) is 43.2 Å². The number of halogens is 5. The van der Waals surface area contributed by atoms with Crippen molar-refractivity contribution < 1.29 is 40.0 Å². The summed E-state index contributed by atoms with van der Waals surface area (Å²) < 4.78 is 91.7. The van der Waals surface area contributed by atoms with Crippen LogP contribution in [0.5, 0.6) is 0 Å². The summed E-state index contributed by atoms with van der Waals surface area (Å²) in [5.74, 6) is -3.33. The lowest BCUT2D eigenvalue weighted by molar-refractivity contribution is -0.137. The van der Waals surface area contributed by atoms with Gasteiger partial charge in [0, 0.05) is 25.2 Å². The molecule has 1 aliphatic rings. The van der Waals surface area contributed by atoms with Gasteiger partial charge in [-0.25, -0.2) is 17.2 Å². The fraction of sp³-hybridized carbons (Fsp3) is 0.333. The van der Waals surface area contributed by atoms with Crippen LogP contribution in [0.15, 0.2) is 47.4 Å². The first-order chi connectivity index (χ1) is 15.9. The number of carbonyl (C=O) groups excluding carboxylic acids is 2. The lowest BCUT2D eigenvalue weighted by Gasteiger charge is -2.31. The molecule has 34 heavy (non-hydrogen) atoms. The third-order valence-corrected chi connectivity index (χ3v) is 7.04. The molecule has 1 fully saturated rings. The number of nitrogens with zero attached hydrogens (tertiary/aromatic N) is 1. The van der Waals surface area contributed by atoms with E-state index in [0.29, 0.717) is 12.1 Å². The smallest absolute Gasteiger partial charge is 0.353 e. The lowest BCUT2D eigenvalue weighted by Crippen LogP contribution is -2.47. The second kappa shape index (κ2) is 10.1. The third kappa shape index (κ3) is 6.29. The van der Waals surface area contributed by atoms with Crippen LogP contribution in [0.25, 0.3) is 0 Å². The Kier molecular flexibility index (Phi) is 7.56. The zero-order valence-electron chi connectivity index (χ0n) is 17.5. The number of carbonyl (C=O) groups is 2. The van der Waals surface area contributed by atoms with E-state index in [0.717, 1.165) is 34.6 Å². The highest BCUT2D eigenvalue weighted by molar-refractivity contribution is 7.89. The van der Waals surface area contributed by atoms with E-state index in [9.17, 15) is 40.0 Å². The van der Waals surface area contributed by atoms with Gasteiger partial charge in [0.2, 0.25) is 21.8 Å². The van der Waals surface area contributed by atoms with E-state index < -0.39 is 62.6 Å². The molecule has 0 saturated carbocycles. The van der Waals surface area contributed by atoms with Gasteiger partial charge in [-0.2, -0.15) is 17.5 Å². The van der Waals surface area contributed by atoms with Crippen LogP contribution in [-0.4, -0.2) is 43.7 Å². The zero-order chi connectivity index (χ0) is 25.1. The van der Waals surface area contributed by atoms with E-state index in [1.807, 2.05) is 0 Å². The number of hydrogen-bond acceptors (Lipinski definition) is 4. The van der Waals surface area contributed by atoms with E-state index >= 15 is 0 Å². The Labute approximate surface area is 192 Å². The number of hydrogen-bond donors (Lipinski definition) is 2. The molecule has 0 radical (unpaired) electrons. The largest absolute Gasteiger partial charge is 0.416 e. The highest BCUT2D eigenvalue weighted by atomic mass is 32.2. The molecule has 0 spiro atoms. The number of nitrogens with one attached hydrogen (secondary N) is 2. The number of amides is 2. The van der Waals surface area contributed by atoms with E-state index in [2.05, 4.69) is 10.6 Å². The first-order valence-corrected chi connectivity index (χ1v) is 11.5. The maximum absolute atomic E-state index is 13.6. The Morgan fingerprint density at radius 2 is 1.68 bits per heavy atom. The molecule has 0 bridgehead atoms. The molecular weight excluding hydrogens is 485 g/mol. The average molecular weight is 505 g/mol. The van der Waals surface area contributed by atoms with Gasteiger partial charge in [0.15, 0.2) is 0 Å². The van der Waals surface area contributed by atoms with Gasteiger partial charge in [-0.3, -0.25) is 9.59 Å².